The van der Waals surface area contributed by atoms with Crippen molar-refractivity contribution in [3.05, 3.63) is 69.2 Å². The number of nitrogens with two attached hydrogens (primary N) is 1. The zero-order valence-electron chi connectivity index (χ0n) is 13.6. The summed E-state index contributed by atoms with van der Waals surface area (Å²) < 4.78 is 0. The summed E-state index contributed by atoms with van der Waals surface area (Å²) in [5.41, 5.74) is 8.65. The summed E-state index contributed by atoms with van der Waals surface area (Å²) in [7, 11) is 0. The van der Waals surface area contributed by atoms with Crippen LogP contribution < -0.4 is 11.1 Å². The molecule has 0 spiro atoms. The van der Waals surface area contributed by atoms with Crippen LogP contribution in [-0.4, -0.2) is 12.5 Å². The van der Waals surface area contributed by atoms with Crippen LogP contribution in [0.5, 0.6) is 0 Å². The van der Waals surface area contributed by atoms with Gasteiger partial charge in [-0.15, -0.1) is 12.4 Å². The van der Waals surface area contributed by atoms with Gasteiger partial charge in [0, 0.05) is 12.6 Å². The van der Waals surface area contributed by atoms with Crippen LogP contribution in [0.4, 0.5) is 0 Å². The van der Waals surface area contributed by atoms with Crippen molar-refractivity contribution < 1.29 is 4.79 Å². The molecule has 24 heavy (non-hydrogen) atoms. The average molecular weight is 388 g/mol. The van der Waals surface area contributed by atoms with E-state index in [4.69, 9.17) is 28.9 Å². The predicted octanol–water partition coefficient (Wildman–Crippen LogP) is 4.97. The number of nitrogens with one attached hydrogen (secondary N) is 1. The molecule has 2 aromatic rings. The van der Waals surface area contributed by atoms with Gasteiger partial charge < -0.3 is 11.1 Å². The average Bonchev–Trinajstić information content (AvgIpc) is 2.52. The number of carbonyl (C=O) groups excluding carboxylic acids is 1. The van der Waals surface area contributed by atoms with Gasteiger partial charge in [-0.05, 0) is 29.2 Å². The maximum absolute atomic E-state index is 12.2. The van der Waals surface area contributed by atoms with Crippen molar-refractivity contribution >= 4 is 41.5 Å². The van der Waals surface area contributed by atoms with Crippen LogP contribution in [0.3, 0.4) is 0 Å². The molecule has 0 aliphatic carbocycles. The molecule has 0 bridgehead atoms. The Labute approximate surface area is 158 Å². The van der Waals surface area contributed by atoms with E-state index in [1.165, 1.54) is 5.56 Å². The lowest BCUT2D eigenvalue weighted by Gasteiger charge is -2.15. The highest BCUT2D eigenvalue weighted by Gasteiger charge is 2.15. The maximum Gasteiger partial charge on any atom is 0.254 e. The SMILES string of the molecule is CC(C)c1ccc(C(N)CNC(=O)c2c(Cl)cccc2Cl)cc1.Cl. The lowest BCUT2D eigenvalue weighted by Crippen LogP contribution is -2.32. The van der Waals surface area contributed by atoms with E-state index in [2.05, 4.69) is 31.3 Å². The number of hydrogen-bond donors (Lipinski definition) is 2. The molecule has 6 heteroatoms. The monoisotopic (exact) mass is 386 g/mol. The van der Waals surface area contributed by atoms with Crippen LogP contribution in [0.2, 0.25) is 10.0 Å². The van der Waals surface area contributed by atoms with Crippen LogP contribution in [0.25, 0.3) is 0 Å². The lowest BCUT2D eigenvalue weighted by atomic mass is 9.99. The number of benzene rings is 2. The molecule has 0 aliphatic heterocycles. The molecular weight excluding hydrogens is 367 g/mol. The molecule has 1 atom stereocenters. The summed E-state index contributed by atoms with van der Waals surface area (Å²) >= 11 is 12.1. The highest BCUT2D eigenvalue weighted by Crippen LogP contribution is 2.24. The minimum atomic E-state index is -0.324. The number of halogens is 3. The summed E-state index contributed by atoms with van der Waals surface area (Å²) in [6, 6.07) is 12.8. The molecule has 130 valence electrons. The molecule has 0 aromatic heterocycles. The highest BCUT2D eigenvalue weighted by molar-refractivity contribution is 6.39. The quantitative estimate of drug-likeness (QED) is 0.761. The van der Waals surface area contributed by atoms with Crippen LogP contribution >= 0.6 is 35.6 Å². The fraction of sp³-hybridized carbons (Fsp3) is 0.278. The molecule has 2 rings (SSSR count). The molecule has 2 aromatic carbocycles. The van der Waals surface area contributed by atoms with E-state index in [-0.39, 0.29) is 29.9 Å². The van der Waals surface area contributed by atoms with Gasteiger partial charge in [-0.25, -0.2) is 0 Å². The second kappa shape index (κ2) is 9.28. The molecular formula is C18H21Cl3N2O. The van der Waals surface area contributed by atoms with Crippen LogP contribution in [0.15, 0.2) is 42.5 Å². The summed E-state index contributed by atoms with van der Waals surface area (Å²) in [6.07, 6.45) is 0. The molecule has 1 unspecified atom stereocenters. The Balaban J connectivity index is 0.00000288. The third-order valence-corrected chi connectivity index (χ3v) is 4.33. The van der Waals surface area contributed by atoms with Gasteiger partial charge in [-0.1, -0.05) is 67.4 Å². The van der Waals surface area contributed by atoms with Crippen molar-refractivity contribution in [1.82, 2.24) is 5.32 Å². The van der Waals surface area contributed by atoms with Crippen molar-refractivity contribution in [1.29, 1.82) is 0 Å². The van der Waals surface area contributed by atoms with Crippen molar-refractivity contribution in [3.8, 4) is 0 Å². The van der Waals surface area contributed by atoms with Crippen molar-refractivity contribution in [2.75, 3.05) is 6.54 Å². The molecule has 0 radical (unpaired) electrons. The highest BCUT2D eigenvalue weighted by atomic mass is 35.5. The Morgan fingerprint density at radius 2 is 1.54 bits per heavy atom. The fourth-order valence-electron chi connectivity index (χ4n) is 2.25. The van der Waals surface area contributed by atoms with Gasteiger partial charge in [0.25, 0.3) is 5.91 Å². The zero-order chi connectivity index (χ0) is 17.0. The largest absolute Gasteiger partial charge is 0.350 e. The zero-order valence-corrected chi connectivity index (χ0v) is 15.9. The third-order valence-electron chi connectivity index (χ3n) is 3.70. The fourth-order valence-corrected chi connectivity index (χ4v) is 2.82. The Bertz CT molecular complexity index is 667. The Hall–Kier alpha value is -1.26. The molecule has 1 amide bonds. The smallest absolute Gasteiger partial charge is 0.254 e. The molecule has 3 nitrogen and oxygen atoms in total. The molecule has 0 saturated carbocycles. The first-order valence-electron chi connectivity index (χ1n) is 7.47. The molecule has 0 saturated heterocycles. The van der Waals surface area contributed by atoms with E-state index in [0.717, 1.165) is 5.56 Å². The Kier molecular flexibility index (Phi) is 8.04. The van der Waals surface area contributed by atoms with E-state index >= 15 is 0 Å². The summed E-state index contributed by atoms with van der Waals surface area (Å²) in [5, 5.41) is 3.43. The minimum absolute atomic E-state index is 0. The first-order chi connectivity index (χ1) is 10.9. The van der Waals surface area contributed by atoms with E-state index in [9.17, 15) is 4.79 Å². The third kappa shape index (κ3) is 5.12. The second-order valence-corrected chi connectivity index (χ2v) is 6.55. The number of rotatable bonds is 5. The van der Waals surface area contributed by atoms with Gasteiger partial charge in [-0.2, -0.15) is 0 Å². The van der Waals surface area contributed by atoms with Crippen molar-refractivity contribution in [2.24, 2.45) is 5.73 Å². The Morgan fingerprint density at radius 1 is 1.04 bits per heavy atom. The van der Waals surface area contributed by atoms with Gasteiger partial charge in [0.1, 0.15) is 0 Å². The van der Waals surface area contributed by atoms with Crippen LogP contribution in [-0.2, 0) is 0 Å². The minimum Gasteiger partial charge on any atom is -0.350 e. The first-order valence-corrected chi connectivity index (χ1v) is 8.23. The van der Waals surface area contributed by atoms with E-state index < -0.39 is 0 Å². The van der Waals surface area contributed by atoms with E-state index in [1.54, 1.807) is 18.2 Å². The predicted molar refractivity (Wildman–Crippen MR) is 104 cm³/mol. The molecule has 0 heterocycles. The van der Waals surface area contributed by atoms with Gasteiger partial charge in [-0.3, -0.25) is 4.79 Å². The standard InChI is InChI=1S/C18H20Cl2N2O.ClH/c1-11(2)12-6-8-13(9-7-12)16(21)10-22-18(23)17-14(19)4-3-5-15(17)20;/h3-9,11,16H,10,21H2,1-2H3,(H,22,23);1H. The normalized spacial score (nSPS) is 11.8. The van der Waals surface area contributed by atoms with Crippen LogP contribution in [0.1, 0.15) is 47.3 Å². The second-order valence-electron chi connectivity index (χ2n) is 5.73. The van der Waals surface area contributed by atoms with E-state index in [1.807, 2.05) is 12.1 Å². The lowest BCUT2D eigenvalue weighted by molar-refractivity contribution is 0.0951. The first kappa shape index (κ1) is 20.8. The topological polar surface area (TPSA) is 55.1 Å². The van der Waals surface area contributed by atoms with Gasteiger partial charge in [0.15, 0.2) is 0 Å². The molecule has 0 fully saturated rings. The number of carbonyl (C=O) groups is 1. The van der Waals surface area contributed by atoms with Crippen LogP contribution in [0, 0.1) is 0 Å². The summed E-state index contributed by atoms with van der Waals surface area (Å²) in [4.78, 5) is 12.2. The van der Waals surface area contributed by atoms with Gasteiger partial charge >= 0.3 is 0 Å². The summed E-state index contributed by atoms with van der Waals surface area (Å²) in [6.45, 7) is 4.59. The van der Waals surface area contributed by atoms with E-state index in [0.29, 0.717) is 22.5 Å². The van der Waals surface area contributed by atoms with Gasteiger partial charge in [0.05, 0.1) is 15.6 Å². The van der Waals surface area contributed by atoms with Gasteiger partial charge in [0.2, 0.25) is 0 Å². The maximum atomic E-state index is 12.2. The van der Waals surface area contributed by atoms with Crippen molar-refractivity contribution in [2.45, 2.75) is 25.8 Å². The van der Waals surface area contributed by atoms with Crippen molar-refractivity contribution in [3.63, 3.8) is 0 Å². The number of amides is 1. The number of hydrogen-bond acceptors (Lipinski definition) is 2. The molecule has 3 N–H and O–H groups in total. The Morgan fingerprint density at radius 3 is 2.04 bits per heavy atom. The molecule has 0 aliphatic rings. The summed E-state index contributed by atoms with van der Waals surface area (Å²) in [5.74, 6) is 0.150.